The van der Waals surface area contributed by atoms with Gasteiger partial charge in [-0.2, -0.15) is 0 Å². The predicted molar refractivity (Wildman–Crippen MR) is 91.0 cm³/mol. The maximum atomic E-state index is 11.8. The van der Waals surface area contributed by atoms with E-state index in [9.17, 15) is 4.79 Å². The van der Waals surface area contributed by atoms with E-state index in [1.165, 1.54) is 0 Å². The minimum absolute atomic E-state index is 0.0597. The van der Waals surface area contributed by atoms with Gasteiger partial charge >= 0.3 is 0 Å². The Balaban J connectivity index is 1.47. The van der Waals surface area contributed by atoms with Gasteiger partial charge in [-0.1, -0.05) is 0 Å². The molecule has 0 aromatic carbocycles. The summed E-state index contributed by atoms with van der Waals surface area (Å²) in [5, 5.41) is 0. The number of halogens is 1. The van der Waals surface area contributed by atoms with Crippen molar-refractivity contribution in [1.29, 1.82) is 0 Å². The molecule has 4 rings (SSSR count). The first-order chi connectivity index (χ1) is 11.2. The van der Waals surface area contributed by atoms with Crippen LogP contribution in [0.25, 0.3) is 0 Å². The van der Waals surface area contributed by atoms with Gasteiger partial charge in [-0.05, 0) is 28.8 Å². The largest absolute Gasteiger partial charge is 0.339 e. The molecule has 0 atom stereocenters. The molecule has 120 valence electrons. The number of hydrogen-bond acceptors (Lipinski definition) is 6. The Labute approximate surface area is 141 Å². The zero-order valence-corrected chi connectivity index (χ0v) is 14.2. The minimum atomic E-state index is -0.0597. The lowest BCUT2D eigenvalue weighted by Crippen LogP contribution is -2.48. The van der Waals surface area contributed by atoms with E-state index < -0.39 is 0 Å². The van der Waals surface area contributed by atoms with E-state index in [1.54, 1.807) is 18.5 Å². The highest BCUT2D eigenvalue weighted by atomic mass is 79.9. The quantitative estimate of drug-likeness (QED) is 0.874. The normalized spacial score (nSPS) is 18.3. The second kappa shape index (κ2) is 5.92. The third-order valence-electron chi connectivity index (χ3n) is 4.21. The summed E-state index contributed by atoms with van der Waals surface area (Å²) in [5.74, 6) is 1.91. The zero-order valence-electron chi connectivity index (χ0n) is 12.6. The van der Waals surface area contributed by atoms with Crippen molar-refractivity contribution in [3.8, 4) is 0 Å². The molecule has 1 aliphatic carbocycles. The van der Waals surface area contributed by atoms with Crippen LogP contribution in [0.3, 0.4) is 0 Å². The molecule has 2 aromatic heterocycles. The van der Waals surface area contributed by atoms with Gasteiger partial charge in [0.25, 0.3) is 5.56 Å². The van der Waals surface area contributed by atoms with Crippen LogP contribution < -0.4 is 15.4 Å². The standard InChI is InChI=1S/C15H17BrN6O/c16-11-8-17-14(18-9-11)21-3-5-22(6-4-21)15-19-12(10-1-2-10)7-13(23)20-15/h7-10H,1-6H2,(H,19,20,23). The molecular weight excluding hydrogens is 360 g/mol. The summed E-state index contributed by atoms with van der Waals surface area (Å²) in [6.45, 7) is 3.19. The fourth-order valence-corrected chi connectivity index (χ4v) is 2.99. The van der Waals surface area contributed by atoms with E-state index in [0.717, 1.165) is 55.1 Å². The van der Waals surface area contributed by atoms with Gasteiger partial charge in [0.1, 0.15) is 0 Å². The van der Waals surface area contributed by atoms with Gasteiger partial charge in [-0.15, -0.1) is 0 Å². The summed E-state index contributed by atoms with van der Waals surface area (Å²) in [7, 11) is 0. The molecule has 1 N–H and O–H groups in total. The lowest BCUT2D eigenvalue weighted by molar-refractivity contribution is 0.625. The van der Waals surface area contributed by atoms with Crippen LogP contribution in [-0.4, -0.2) is 46.1 Å². The van der Waals surface area contributed by atoms with E-state index in [4.69, 9.17) is 0 Å². The van der Waals surface area contributed by atoms with Crippen molar-refractivity contribution in [2.24, 2.45) is 0 Å². The molecule has 1 aliphatic heterocycles. The summed E-state index contributed by atoms with van der Waals surface area (Å²) in [6.07, 6.45) is 5.80. The van der Waals surface area contributed by atoms with Crippen molar-refractivity contribution in [2.75, 3.05) is 36.0 Å². The Morgan fingerprint density at radius 1 is 1.09 bits per heavy atom. The number of anilines is 2. The molecular formula is C15H17BrN6O. The molecule has 0 unspecified atom stereocenters. The molecule has 1 saturated heterocycles. The number of nitrogens with zero attached hydrogens (tertiary/aromatic N) is 5. The van der Waals surface area contributed by atoms with Crippen molar-refractivity contribution in [2.45, 2.75) is 18.8 Å². The Kier molecular flexibility index (Phi) is 3.76. The number of piperazine rings is 1. The number of H-pyrrole nitrogens is 1. The van der Waals surface area contributed by atoms with Crippen LogP contribution in [0.2, 0.25) is 0 Å². The number of nitrogens with one attached hydrogen (secondary N) is 1. The predicted octanol–water partition coefficient (Wildman–Crippen LogP) is 1.53. The summed E-state index contributed by atoms with van der Waals surface area (Å²) < 4.78 is 0.874. The Hall–Kier alpha value is -1.96. The van der Waals surface area contributed by atoms with Crippen LogP contribution in [-0.2, 0) is 0 Å². The fourth-order valence-electron chi connectivity index (χ4n) is 2.79. The molecule has 7 nitrogen and oxygen atoms in total. The number of aromatic amines is 1. The van der Waals surface area contributed by atoms with Crippen molar-refractivity contribution in [3.05, 3.63) is 39.0 Å². The zero-order chi connectivity index (χ0) is 15.8. The molecule has 0 radical (unpaired) electrons. The lowest BCUT2D eigenvalue weighted by atomic mass is 10.3. The summed E-state index contributed by atoms with van der Waals surface area (Å²) in [4.78, 5) is 32.3. The molecule has 3 heterocycles. The summed E-state index contributed by atoms with van der Waals surface area (Å²) in [5.41, 5.74) is 0.873. The molecule has 0 amide bonds. The minimum Gasteiger partial charge on any atom is -0.339 e. The van der Waals surface area contributed by atoms with Crippen LogP contribution in [0.5, 0.6) is 0 Å². The first-order valence-electron chi connectivity index (χ1n) is 7.78. The molecule has 8 heteroatoms. The van der Waals surface area contributed by atoms with Crippen LogP contribution in [0.15, 0.2) is 27.7 Å². The van der Waals surface area contributed by atoms with Crippen LogP contribution in [0.4, 0.5) is 11.9 Å². The van der Waals surface area contributed by atoms with Crippen molar-refractivity contribution in [1.82, 2.24) is 19.9 Å². The van der Waals surface area contributed by atoms with Gasteiger partial charge in [-0.25, -0.2) is 15.0 Å². The monoisotopic (exact) mass is 376 g/mol. The van der Waals surface area contributed by atoms with Crippen molar-refractivity contribution in [3.63, 3.8) is 0 Å². The topological polar surface area (TPSA) is 78.0 Å². The third kappa shape index (κ3) is 3.21. The van der Waals surface area contributed by atoms with Gasteiger partial charge in [0.15, 0.2) is 0 Å². The highest BCUT2D eigenvalue weighted by Crippen LogP contribution is 2.38. The van der Waals surface area contributed by atoms with Gasteiger partial charge in [0.05, 0.1) is 10.2 Å². The molecule has 2 aromatic rings. The number of hydrogen-bond donors (Lipinski definition) is 1. The second-order valence-electron chi connectivity index (χ2n) is 5.94. The van der Waals surface area contributed by atoms with E-state index in [1.807, 2.05) is 0 Å². The maximum Gasteiger partial charge on any atom is 0.252 e. The molecule has 23 heavy (non-hydrogen) atoms. The molecule has 2 aliphatic rings. The average molecular weight is 377 g/mol. The second-order valence-corrected chi connectivity index (χ2v) is 6.86. The molecule has 1 saturated carbocycles. The van der Waals surface area contributed by atoms with Crippen molar-refractivity contribution < 1.29 is 0 Å². The smallest absolute Gasteiger partial charge is 0.252 e. The Bertz CT molecular complexity index is 749. The third-order valence-corrected chi connectivity index (χ3v) is 4.62. The van der Waals surface area contributed by atoms with Gasteiger partial charge in [-0.3, -0.25) is 9.78 Å². The van der Waals surface area contributed by atoms with Crippen LogP contribution >= 0.6 is 15.9 Å². The summed E-state index contributed by atoms with van der Waals surface area (Å²) >= 11 is 3.35. The summed E-state index contributed by atoms with van der Waals surface area (Å²) in [6, 6.07) is 1.63. The molecule has 2 fully saturated rings. The number of aromatic nitrogens is 4. The molecule has 0 spiro atoms. The van der Waals surface area contributed by atoms with Gasteiger partial charge in [0, 0.05) is 50.6 Å². The highest BCUT2D eigenvalue weighted by molar-refractivity contribution is 9.10. The van der Waals surface area contributed by atoms with Gasteiger partial charge < -0.3 is 9.80 Å². The van der Waals surface area contributed by atoms with E-state index >= 15 is 0 Å². The Morgan fingerprint density at radius 2 is 1.74 bits per heavy atom. The SMILES string of the molecule is O=c1cc(C2CC2)nc(N2CCN(c3ncc(Br)cn3)CC2)[nH]1. The van der Waals surface area contributed by atoms with E-state index in [-0.39, 0.29) is 5.56 Å². The fraction of sp³-hybridized carbons (Fsp3) is 0.467. The Morgan fingerprint density at radius 3 is 2.39 bits per heavy atom. The van der Waals surface area contributed by atoms with Crippen LogP contribution in [0.1, 0.15) is 24.5 Å². The first kappa shape index (κ1) is 14.6. The average Bonchev–Trinajstić information content (AvgIpc) is 3.40. The maximum absolute atomic E-state index is 11.8. The van der Waals surface area contributed by atoms with E-state index in [2.05, 4.69) is 45.7 Å². The lowest BCUT2D eigenvalue weighted by Gasteiger charge is -2.35. The molecule has 0 bridgehead atoms. The van der Waals surface area contributed by atoms with E-state index in [0.29, 0.717) is 11.9 Å². The van der Waals surface area contributed by atoms with Gasteiger partial charge in [0.2, 0.25) is 11.9 Å². The van der Waals surface area contributed by atoms with Crippen molar-refractivity contribution >= 4 is 27.8 Å². The van der Waals surface area contributed by atoms with Crippen LogP contribution in [0, 0.1) is 0 Å². The first-order valence-corrected chi connectivity index (χ1v) is 8.57. The number of rotatable bonds is 3. The highest BCUT2D eigenvalue weighted by Gasteiger charge is 2.27.